The minimum atomic E-state index is -0.214. The van der Waals surface area contributed by atoms with E-state index in [2.05, 4.69) is 86.5 Å². The van der Waals surface area contributed by atoms with E-state index in [-0.39, 0.29) is 35.6 Å². The molecule has 0 aliphatic rings. The molecule has 0 saturated carbocycles. The smallest absolute Gasteiger partial charge is 0.168 e. The Balaban J connectivity index is 0.00000322. The van der Waals surface area contributed by atoms with Gasteiger partial charge in [-0.1, -0.05) is 102 Å². The van der Waals surface area contributed by atoms with Crippen molar-refractivity contribution < 1.29 is 9.90 Å². The number of aliphatic hydroxyl groups excluding tert-OH is 1. The summed E-state index contributed by atoms with van der Waals surface area (Å²) in [5.74, 6) is 0.218. The van der Waals surface area contributed by atoms with Gasteiger partial charge in [-0.3, -0.25) is 4.79 Å². The third-order valence-corrected chi connectivity index (χ3v) is 5.81. The summed E-state index contributed by atoms with van der Waals surface area (Å²) in [7, 11) is 0. The summed E-state index contributed by atoms with van der Waals surface area (Å²) >= 11 is 3.47. The van der Waals surface area contributed by atoms with Crippen LogP contribution in [-0.2, 0) is 4.79 Å². The van der Waals surface area contributed by atoms with Crippen LogP contribution in [-0.4, -0.2) is 30.6 Å². The van der Waals surface area contributed by atoms with Gasteiger partial charge in [0.05, 0.1) is 6.54 Å². The minimum absolute atomic E-state index is 0.0860. The van der Waals surface area contributed by atoms with Crippen molar-refractivity contribution >= 4 is 21.7 Å². The lowest BCUT2D eigenvalue weighted by atomic mass is 9.76. The topological polar surface area (TPSA) is 61.4 Å². The Morgan fingerprint density at radius 3 is 2.18 bits per heavy atom. The van der Waals surface area contributed by atoms with Gasteiger partial charge in [-0.05, 0) is 29.5 Å². The molecule has 1 rings (SSSR count). The second-order valence-electron chi connectivity index (χ2n) is 9.65. The summed E-state index contributed by atoms with van der Waals surface area (Å²) in [5, 5.41) is 15.7. The van der Waals surface area contributed by atoms with Crippen LogP contribution in [0.15, 0.2) is 65.4 Å². The van der Waals surface area contributed by atoms with Crippen LogP contribution in [0.25, 0.3) is 0 Å². The lowest BCUT2D eigenvalue weighted by Crippen LogP contribution is -2.34. The number of halogens is 1. The molecule has 0 spiro atoms. The van der Waals surface area contributed by atoms with Crippen molar-refractivity contribution in [3.8, 4) is 0 Å². The first-order valence-electron chi connectivity index (χ1n) is 11.8. The van der Waals surface area contributed by atoms with E-state index in [1.165, 1.54) is 6.42 Å². The molecule has 0 saturated heterocycles. The predicted octanol–water partition coefficient (Wildman–Crippen LogP) is 6.59. The fraction of sp³-hybridized carbons (Fsp3) is 0.536. The number of allylic oxidation sites excluding steroid dienone is 2. The van der Waals surface area contributed by atoms with Gasteiger partial charge in [0, 0.05) is 46.4 Å². The van der Waals surface area contributed by atoms with Crippen LogP contribution < -0.4 is 10.6 Å². The molecule has 0 aromatic heterocycles. The van der Waals surface area contributed by atoms with Gasteiger partial charge in [0.25, 0.3) is 0 Å². The van der Waals surface area contributed by atoms with Crippen LogP contribution in [0.1, 0.15) is 66.4 Å². The molecule has 0 aliphatic carbocycles. The highest BCUT2D eigenvalue weighted by molar-refractivity contribution is 9.10. The summed E-state index contributed by atoms with van der Waals surface area (Å²) in [6.07, 6.45) is 4.59. The zero-order valence-corrected chi connectivity index (χ0v) is 23.3. The molecule has 1 aromatic rings. The quantitative estimate of drug-likeness (QED) is 0.202. The highest BCUT2D eigenvalue weighted by Gasteiger charge is 2.30. The average molecular weight is 522 g/mol. The number of Topliss-reactive ketones (excluding diaryl/α,β-unsaturated/α-hetero) is 1. The number of carbonyl (C=O) groups excluding carboxylic acids is 1. The molecule has 0 bridgehead atoms. The maximum Gasteiger partial charge on any atom is 0.168 e. The largest absolute Gasteiger partial charge is 0.396 e. The molecule has 33 heavy (non-hydrogen) atoms. The molecule has 4 nitrogen and oxygen atoms in total. The van der Waals surface area contributed by atoms with Crippen molar-refractivity contribution in [1.29, 1.82) is 0 Å². The number of hydrogen-bond acceptors (Lipinski definition) is 4. The number of carbonyl (C=O) groups is 1. The van der Waals surface area contributed by atoms with Gasteiger partial charge < -0.3 is 15.7 Å². The first kappa shape index (κ1) is 31.1. The first-order chi connectivity index (χ1) is 15.4. The molecule has 0 fully saturated rings. The fourth-order valence-corrected chi connectivity index (χ4v) is 3.54. The predicted molar refractivity (Wildman–Crippen MR) is 146 cm³/mol. The summed E-state index contributed by atoms with van der Waals surface area (Å²) < 4.78 is 1.03. The minimum Gasteiger partial charge on any atom is -0.396 e. The van der Waals surface area contributed by atoms with E-state index < -0.39 is 0 Å². The Kier molecular flexibility index (Phi) is 15.0. The highest BCUT2D eigenvalue weighted by Crippen LogP contribution is 2.33. The molecule has 2 atom stereocenters. The number of ketones is 1. The van der Waals surface area contributed by atoms with Gasteiger partial charge in [0.15, 0.2) is 5.78 Å². The molecule has 0 heterocycles. The second kappa shape index (κ2) is 15.9. The average Bonchev–Trinajstić information content (AvgIpc) is 2.76. The van der Waals surface area contributed by atoms with E-state index in [1.807, 2.05) is 26.0 Å². The Morgan fingerprint density at radius 1 is 1.18 bits per heavy atom. The molecule has 0 aliphatic heterocycles. The lowest BCUT2D eigenvalue weighted by molar-refractivity contribution is -0.120. The van der Waals surface area contributed by atoms with Crippen LogP contribution in [0.2, 0.25) is 0 Å². The van der Waals surface area contributed by atoms with Gasteiger partial charge in [-0.15, -0.1) is 0 Å². The third kappa shape index (κ3) is 11.7. The number of aliphatic hydroxyl groups is 1. The molecule has 3 N–H and O–H groups in total. The van der Waals surface area contributed by atoms with Gasteiger partial charge in [0.2, 0.25) is 0 Å². The van der Waals surface area contributed by atoms with Crippen LogP contribution in [0, 0.1) is 17.3 Å². The Hall–Kier alpha value is -1.85. The molecule has 1 aromatic carbocycles. The summed E-state index contributed by atoms with van der Waals surface area (Å²) in [5.41, 5.74) is 2.30. The lowest BCUT2D eigenvalue weighted by Gasteiger charge is -2.27. The monoisotopic (exact) mass is 520 g/mol. The highest BCUT2D eigenvalue weighted by atomic mass is 79.9. The summed E-state index contributed by atoms with van der Waals surface area (Å²) in [4.78, 5) is 13.3. The van der Waals surface area contributed by atoms with Crippen molar-refractivity contribution in [3.05, 3.63) is 71.0 Å². The maximum atomic E-state index is 13.3. The van der Waals surface area contributed by atoms with Crippen LogP contribution >= 0.6 is 15.9 Å². The van der Waals surface area contributed by atoms with E-state index in [4.69, 9.17) is 0 Å². The van der Waals surface area contributed by atoms with E-state index in [0.29, 0.717) is 18.7 Å². The van der Waals surface area contributed by atoms with Crippen molar-refractivity contribution in [1.82, 2.24) is 10.6 Å². The van der Waals surface area contributed by atoms with Crippen molar-refractivity contribution in [2.24, 2.45) is 17.3 Å². The molecular weight excluding hydrogens is 476 g/mol. The third-order valence-electron chi connectivity index (χ3n) is 5.28. The van der Waals surface area contributed by atoms with Gasteiger partial charge in [0.1, 0.15) is 0 Å². The normalized spacial score (nSPS) is 13.5. The summed E-state index contributed by atoms with van der Waals surface area (Å²) in [6, 6.07) is 8.15. The zero-order chi connectivity index (χ0) is 25.6. The SMILES string of the molecule is C=C/C(=C\NCC(=C)NCC(C)(C)CO)C(=O)C(C(C)C)C(C)c1ccc(Br)cc1.CCC. The van der Waals surface area contributed by atoms with Gasteiger partial charge >= 0.3 is 0 Å². The molecule has 186 valence electrons. The van der Waals surface area contributed by atoms with Crippen molar-refractivity contribution in [2.75, 3.05) is 19.7 Å². The standard InChI is InChI=1S/C25H37BrN2O2.C3H8/c1-8-20(14-27-13-18(4)28-15-25(6,7)16-29)24(30)23(17(2)3)19(5)21-9-11-22(26)12-10-21;1-3-2/h8-12,14,17,19,23,27-29H,1,4,13,15-16H2,2-3,5-7H3;3H2,1-2H3/b20-14+;. The Morgan fingerprint density at radius 2 is 1.73 bits per heavy atom. The van der Waals surface area contributed by atoms with E-state index >= 15 is 0 Å². The zero-order valence-electron chi connectivity index (χ0n) is 21.7. The molecule has 5 heteroatoms. The number of nitrogens with one attached hydrogen (secondary N) is 2. The van der Waals surface area contributed by atoms with Crippen molar-refractivity contribution in [3.63, 3.8) is 0 Å². The van der Waals surface area contributed by atoms with E-state index in [9.17, 15) is 9.90 Å². The molecule has 0 radical (unpaired) electrons. The molecular formula is C28H45BrN2O2. The number of rotatable bonds is 13. The van der Waals surface area contributed by atoms with Crippen LogP contribution in [0.3, 0.4) is 0 Å². The van der Waals surface area contributed by atoms with Crippen LogP contribution in [0.4, 0.5) is 0 Å². The molecule has 2 unspecified atom stereocenters. The van der Waals surface area contributed by atoms with Gasteiger partial charge in [-0.25, -0.2) is 0 Å². The van der Waals surface area contributed by atoms with Crippen molar-refractivity contribution in [2.45, 2.75) is 60.8 Å². The second-order valence-corrected chi connectivity index (χ2v) is 10.6. The number of hydrogen-bond donors (Lipinski definition) is 3. The first-order valence-corrected chi connectivity index (χ1v) is 12.6. The molecule has 0 amide bonds. The number of benzene rings is 1. The Bertz CT molecular complexity index is 767. The van der Waals surface area contributed by atoms with Gasteiger partial charge in [-0.2, -0.15) is 0 Å². The summed E-state index contributed by atoms with van der Waals surface area (Å²) in [6.45, 7) is 23.5. The fourth-order valence-electron chi connectivity index (χ4n) is 3.27. The Labute approximate surface area is 210 Å². The van der Waals surface area contributed by atoms with Crippen LogP contribution in [0.5, 0.6) is 0 Å². The maximum absolute atomic E-state index is 13.3. The van der Waals surface area contributed by atoms with E-state index in [1.54, 1.807) is 12.3 Å². The van der Waals surface area contributed by atoms with E-state index in [0.717, 1.165) is 15.7 Å².